The number of carboxylic acid groups (broad SMARTS) is 1. The number of aromatic hydroxyl groups is 1. The minimum Gasteiger partial charge on any atom is -0.507 e. The maximum absolute atomic E-state index is 10.5. The highest BCUT2D eigenvalue weighted by Gasteiger charge is 2.18. The van der Waals surface area contributed by atoms with Crippen molar-refractivity contribution in [3.05, 3.63) is 17.7 Å². The number of carbonyl (C=O) groups is 1. The molecule has 0 spiro atoms. The number of aliphatic carboxylic acids is 1. The van der Waals surface area contributed by atoms with Gasteiger partial charge < -0.3 is 24.4 Å². The van der Waals surface area contributed by atoms with Gasteiger partial charge in [0.2, 0.25) is 5.75 Å². The molecule has 6 heteroatoms. The number of phenols is 1. The first kappa shape index (κ1) is 13.7. The summed E-state index contributed by atoms with van der Waals surface area (Å²) in [7, 11) is 4.22. The van der Waals surface area contributed by atoms with Crippen LogP contribution in [0.2, 0.25) is 0 Å². The minimum absolute atomic E-state index is 0.165. The Morgan fingerprint density at radius 1 is 1.17 bits per heavy atom. The summed E-state index contributed by atoms with van der Waals surface area (Å²) in [5.74, 6) is -0.526. The van der Waals surface area contributed by atoms with Gasteiger partial charge in [-0.05, 0) is 6.08 Å². The highest BCUT2D eigenvalue weighted by atomic mass is 16.5. The zero-order valence-corrected chi connectivity index (χ0v) is 10.3. The third-order valence-corrected chi connectivity index (χ3v) is 2.24. The van der Waals surface area contributed by atoms with Gasteiger partial charge in [-0.15, -0.1) is 0 Å². The third-order valence-electron chi connectivity index (χ3n) is 2.24. The van der Waals surface area contributed by atoms with Crippen molar-refractivity contribution in [3.63, 3.8) is 0 Å². The molecule has 0 aliphatic carbocycles. The van der Waals surface area contributed by atoms with Gasteiger partial charge in [-0.3, -0.25) is 0 Å². The zero-order valence-electron chi connectivity index (χ0n) is 10.3. The number of phenolic OH excluding ortho intramolecular Hbond substituents is 1. The van der Waals surface area contributed by atoms with E-state index in [4.69, 9.17) is 19.3 Å². The maximum Gasteiger partial charge on any atom is 0.328 e. The molecule has 0 saturated carbocycles. The maximum atomic E-state index is 10.5. The first-order valence-corrected chi connectivity index (χ1v) is 4.98. The van der Waals surface area contributed by atoms with Gasteiger partial charge in [-0.2, -0.15) is 0 Å². The molecule has 98 valence electrons. The van der Waals surface area contributed by atoms with Crippen molar-refractivity contribution in [2.45, 2.75) is 0 Å². The van der Waals surface area contributed by atoms with Crippen molar-refractivity contribution in [2.75, 3.05) is 21.3 Å². The summed E-state index contributed by atoms with van der Waals surface area (Å²) in [6.07, 6.45) is 2.11. The second-order valence-electron chi connectivity index (χ2n) is 3.25. The molecule has 1 aromatic rings. The molecule has 0 heterocycles. The molecule has 2 N–H and O–H groups in total. The summed E-state index contributed by atoms with van der Waals surface area (Å²) in [5, 5.41) is 18.4. The average molecular weight is 254 g/mol. The van der Waals surface area contributed by atoms with Gasteiger partial charge in [0.15, 0.2) is 11.5 Å². The lowest BCUT2D eigenvalue weighted by Gasteiger charge is -2.15. The van der Waals surface area contributed by atoms with E-state index < -0.39 is 5.97 Å². The number of hydrogen-bond donors (Lipinski definition) is 2. The molecule has 0 bridgehead atoms. The van der Waals surface area contributed by atoms with Gasteiger partial charge in [0.25, 0.3) is 0 Å². The Bertz CT molecular complexity index is 478. The predicted molar refractivity (Wildman–Crippen MR) is 64.4 cm³/mol. The SMILES string of the molecule is COc1cc(O)c(C=CC(=O)O)c(OC)c1OC. The molecule has 0 unspecified atom stereocenters. The fourth-order valence-corrected chi connectivity index (χ4v) is 1.48. The van der Waals surface area contributed by atoms with Gasteiger partial charge in [-0.1, -0.05) is 0 Å². The largest absolute Gasteiger partial charge is 0.507 e. The fourth-order valence-electron chi connectivity index (χ4n) is 1.48. The molecule has 1 rings (SSSR count). The topological polar surface area (TPSA) is 85.2 Å². The third kappa shape index (κ3) is 2.65. The van der Waals surface area contributed by atoms with Crippen LogP contribution >= 0.6 is 0 Å². The van der Waals surface area contributed by atoms with Crippen molar-refractivity contribution in [1.82, 2.24) is 0 Å². The quantitative estimate of drug-likeness (QED) is 0.775. The van der Waals surface area contributed by atoms with Crippen LogP contribution in [0.25, 0.3) is 6.08 Å². The minimum atomic E-state index is -1.13. The molecule has 0 radical (unpaired) electrons. The number of hydrogen-bond acceptors (Lipinski definition) is 5. The van der Waals surface area contributed by atoms with Gasteiger partial charge >= 0.3 is 5.97 Å². The zero-order chi connectivity index (χ0) is 13.7. The van der Waals surface area contributed by atoms with Crippen molar-refractivity contribution < 1.29 is 29.2 Å². The van der Waals surface area contributed by atoms with Crippen LogP contribution in [0.15, 0.2) is 12.1 Å². The van der Waals surface area contributed by atoms with Crippen molar-refractivity contribution >= 4 is 12.0 Å². The highest BCUT2D eigenvalue weighted by Crippen LogP contribution is 2.45. The van der Waals surface area contributed by atoms with Gasteiger partial charge in [0.1, 0.15) is 5.75 Å². The molecular weight excluding hydrogens is 240 g/mol. The molecule has 0 amide bonds. The van der Waals surface area contributed by atoms with E-state index in [1.54, 1.807) is 0 Å². The lowest BCUT2D eigenvalue weighted by molar-refractivity contribution is -0.131. The summed E-state index contributed by atoms with van der Waals surface area (Å²) in [4.78, 5) is 10.5. The second kappa shape index (κ2) is 5.81. The lowest BCUT2D eigenvalue weighted by Crippen LogP contribution is -1.97. The van der Waals surface area contributed by atoms with Crippen LogP contribution in [-0.2, 0) is 4.79 Å². The van der Waals surface area contributed by atoms with Crippen LogP contribution in [0.3, 0.4) is 0 Å². The summed E-state index contributed by atoms with van der Waals surface area (Å²) >= 11 is 0. The van der Waals surface area contributed by atoms with E-state index in [1.165, 1.54) is 33.5 Å². The number of ether oxygens (including phenoxy) is 3. The molecule has 0 aliphatic heterocycles. The highest BCUT2D eigenvalue weighted by molar-refractivity contribution is 5.87. The van der Waals surface area contributed by atoms with Crippen LogP contribution in [0.5, 0.6) is 23.0 Å². The van der Waals surface area contributed by atoms with E-state index in [2.05, 4.69) is 0 Å². The van der Waals surface area contributed by atoms with E-state index >= 15 is 0 Å². The number of benzene rings is 1. The lowest BCUT2D eigenvalue weighted by atomic mass is 10.1. The van der Waals surface area contributed by atoms with Crippen molar-refractivity contribution in [2.24, 2.45) is 0 Å². The van der Waals surface area contributed by atoms with Gasteiger partial charge in [0.05, 0.1) is 26.9 Å². The standard InChI is InChI=1S/C12H14O6/c1-16-9-6-8(13)7(4-5-10(14)15)11(17-2)12(9)18-3/h4-6,13H,1-3H3,(H,14,15). The number of methoxy groups -OCH3 is 3. The Morgan fingerprint density at radius 2 is 1.78 bits per heavy atom. The molecule has 0 aliphatic rings. The van der Waals surface area contributed by atoms with Crippen LogP contribution in [0, 0.1) is 0 Å². The van der Waals surface area contributed by atoms with Crippen LogP contribution in [0.1, 0.15) is 5.56 Å². The fraction of sp³-hybridized carbons (Fsp3) is 0.250. The van der Waals surface area contributed by atoms with E-state index in [0.29, 0.717) is 5.75 Å². The molecular formula is C12H14O6. The summed E-state index contributed by atoms with van der Waals surface area (Å²) in [6.45, 7) is 0. The number of rotatable bonds is 5. The molecule has 0 fully saturated rings. The first-order valence-electron chi connectivity index (χ1n) is 4.98. The molecule has 6 nitrogen and oxygen atoms in total. The monoisotopic (exact) mass is 254 g/mol. The van der Waals surface area contributed by atoms with Crippen LogP contribution in [0.4, 0.5) is 0 Å². The molecule has 0 aromatic heterocycles. The van der Waals surface area contributed by atoms with Crippen molar-refractivity contribution in [1.29, 1.82) is 0 Å². The van der Waals surface area contributed by atoms with E-state index in [0.717, 1.165) is 6.08 Å². The Balaban J connectivity index is 3.45. The van der Waals surface area contributed by atoms with Crippen LogP contribution < -0.4 is 14.2 Å². The second-order valence-corrected chi connectivity index (χ2v) is 3.25. The van der Waals surface area contributed by atoms with Crippen molar-refractivity contribution in [3.8, 4) is 23.0 Å². The average Bonchev–Trinajstić information content (AvgIpc) is 2.35. The Hall–Kier alpha value is -2.37. The molecule has 0 saturated heterocycles. The van der Waals surface area contributed by atoms with Gasteiger partial charge in [0, 0.05) is 12.1 Å². The van der Waals surface area contributed by atoms with Crippen LogP contribution in [-0.4, -0.2) is 37.5 Å². The molecule has 18 heavy (non-hydrogen) atoms. The normalized spacial score (nSPS) is 10.4. The molecule has 0 atom stereocenters. The van der Waals surface area contributed by atoms with E-state index in [-0.39, 0.29) is 22.8 Å². The Morgan fingerprint density at radius 3 is 2.22 bits per heavy atom. The molecule has 1 aromatic carbocycles. The summed E-state index contributed by atoms with van der Waals surface area (Å²) in [6, 6.07) is 1.32. The number of carboxylic acids is 1. The summed E-state index contributed by atoms with van der Waals surface area (Å²) < 4.78 is 15.3. The van der Waals surface area contributed by atoms with Gasteiger partial charge in [-0.25, -0.2) is 4.79 Å². The van der Waals surface area contributed by atoms with E-state index in [1.807, 2.05) is 0 Å². The predicted octanol–water partition coefficient (Wildman–Crippen LogP) is 1.52. The Kier molecular flexibility index (Phi) is 4.42. The Labute approximate surface area is 104 Å². The van der Waals surface area contributed by atoms with E-state index in [9.17, 15) is 9.90 Å². The first-order chi connectivity index (χ1) is 8.54. The smallest absolute Gasteiger partial charge is 0.328 e. The summed E-state index contributed by atoms with van der Waals surface area (Å²) in [5.41, 5.74) is 0.206.